The van der Waals surface area contributed by atoms with Crippen LogP contribution in [-0.4, -0.2) is 9.97 Å². The fourth-order valence-electron chi connectivity index (χ4n) is 1.69. The zero-order chi connectivity index (χ0) is 11.1. The van der Waals surface area contributed by atoms with Crippen LogP contribution >= 0.6 is 0 Å². The van der Waals surface area contributed by atoms with E-state index in [0.29, 0.717) is 5.82 Å². The smallest absolute Gasteiger partial charge is 0.124 e. The third-order valence-corrected chi connectivity index (χ3v) is 2.36. The Labute approximate surface area is 89.4 Å². The number of aromatic nitrogens is 2. The Balaban J connectivity index is 2.83. The first kappa shape index (κ1) is 9.90. The van der Waals surface area contributed by atoms with E-state index in [1.165, 1.54) is 0 Å². The van der Waals surface area contributed by atoms with Gasteiger partial charge in [0, 0.05) is 28.6 Å². The summed E-state index contributed by atoms with van der Waals surface area (Å²) in [6.45, 7) is 6.40. The number of rotatable bonds is 0. The molecule has 0 bridgehead atoms. The molecule has 2 aromatic rings. The van der Waals surface area contributed by atoms with Crippen molar-refractivity contribution < 1.29 is 0 Å². The van der Waals surface area contributed by atoms with Crippen molar-refractivity contribution in [3.05, 3.63) is 30.2 Å². The summed E-state index contributed by atoms with van der Waals surface area (Å²) in [5.41, 5.74) is 6.81. The van der Waals surface area contributed by atoms with Crippen molar-refractivity contribution in [1.82, 2.24) is 9.97 Å². The molecule has 2 N–H and O–H groups in total. The number of anilines is 1. The molecule has 0 amide bonds. The van der Waals surface area contributed by atoms with Crippen LogP contribution in [0.15, 0.2) is 24.5 Å². The van der Waals surface area contributed by atoms with Gasteiger partial charge in [-0.1, -0.05) is 20.8 Å². The summed E-state index contributed by atoms with van der Waals surface area (Å²) in [7, 11) is 0. The van der Waals surface area contributed by atoms with E-state index in [-0.39, 0.29) is 5.41 Å². The van der Waals surface area contributed by atoms with Crippen LogP contribution in [0, 0.1) is 0 Å². The molecule has 0 aliphatic carbocycles. The van der Waals surface area contributed by atoms with Crippen molar-refractivity contribution in [2.24, 2.45) is 0 Å². The Kier molecular flexibility index (Phi) is 2.11. The molecule has 0 atom stereocenters. The highest BCUT2D eigenvalue weighted by atomic mass is 14.9. The molecule has 15 heavy (non-hydrogen) atoms. The molecule has 0 saturated heterocycles. The van der Waals surface area contributed by atoms with Gasteiger partial charge in [0.2, 0.25) is 0 Å². The van der Waals surface area contributed by atoms with Gasteiger partial charge in [-0.3, -0.25) is 4.98 Å². The second-order valence-corrected chi connectivity index (χ2v) is 4.74. The van der Waals surface area contributed by atoms with E-state index in [4.69, 9.17) is 5.73 Å². The van der Waals surface area contributed by atoms with Crippen LogP contribution in [0.2, 0.25) is 0 Å². The molecular weight excluding hydrogens is 186 g/mol. The number of nitrogen functional groups attached to an aromatic ring is 1. The third kappa shape index (κ3) is 1.77. The van der Waals surface area contributed by atoms with E-state index in [2.05, 4.69) is 30.7 Å². The summed E-state index contributed by atoms with van der Waals surface area (Å²) in [6, 6.07) is 3.85. The average Bonchev–Trinajstić information content (AvgIpc) is 2.15. The number of hydrogen-bond donors (Lipinski definition) is 1. The number of nitrogens with two attached hydrogens (primary N) is 1. The average molecular weight is 201 g/mol. The highest BCUT2D eigenvalue weighted by Gasteiger charge is 2.19. The zero-order valence-corrected chi connectivity index (χ0v) is 9.28. The van der Waals surface area contributed by atoms with Gasteiger partial charge in [0.25, 0.3) is 0 Å². The van der Waals surface area contributed by atoms with E-state index in [9.17, 15) is 0 Å². The summed E-state index contributed by atoms with van der Waals surface area (Å²) in [5, 5.41) is 2.18. The quantitative estimate of drug-likeness (QED) is 0.712. The number of nitrogens with zero attached hydrogens (tertiary/aromatic N) is 2. The first-order valence-electron chi connectivity index (χ1n) is 4.99. The molecule has 0 aliphatic rings. The second-order valence-electron chi connectivity index (χ2n) is 4.74. The molecule has 0 saturated carbocycles. The molecule has 0 spiro atoms. The van der Waals surface area contributed by atoms with E-state index >= 15 is 0 Å². The van der Waals surface area contributed by atoms with Gasteiger partial charge >= 0.3 is 0 Å². The molecule has 3 heteroatoms. The zero-order valence-electron chi connectivity index (χ0n) is 9.28. The largest absolute Gasteiger partial charge is 0.384 e. The Morgan fingerprint density at radius 2 is 2.00 bits per heavy atom. The van der Waals surface area contributed by atoms with Gasteiger partial charge in [0.05, 0.1) is 5.69 Å². The SMILES string of the molecule is CC(C)(C)c1nc(N)cc2cnccc12. The maximum absolute atomic E-state index is 5.78. The molecule has 0 aromatic carbocycles. The van der Waals surface area contributed by atoms with Gasteiger partial charge in [0.15, 0.2) is 0 Å². The van der Waals surface area contributed by atoms with Crippen molar-refractivity contribution in [1.29, 1.82) is 0 Å². The molecule has 2 heterocycles. The van der Waals surface area contributed by atoms with Crippen LogP contribution in [0.5, 0.6) is 0 Å². The van der Waals surface area contributed by atoms with Crippen molar-refractivity contribution in [3.63, 3.8) is 0 Å². The van der Waals surface area contributed by atoms with E-state index in [1.807, 2.05) is 18.3 Å². The molecule has 0 aliphatic heterocycles. The molecule has 2 aromatic heterocycles. The van der Waals surface area contributed by atoms with E-state index in [0.717, 1.165) is 16.5 Å². The Hall–Kier alpha value is -1.64. The summed E-state index contributed by atoms with van der Waals surface area (Å²) in [4.78, 5) is 8.52. The maximum atomic E-state index is 5.78. The van der Waals surface area contributed by atoms with Crippen molar-refractivity contribution >= 4 is 16.6 Å². The monoisotopic (exact) mass is 201 g/mol. The van der Waals surface area contributed by atoms with Crippen LogP contribution in [0.3, 0.4) is 0 Å². The van der Waals surface area contributed by atoms with Crippen molar-refractivity contribution in [2.75, 3.05) is 5.73 Å². The lowest BCUT2D eigenvalue weighted by Gasteiger charge is -2.20. The number of hydrogen-bond acceptors (Lipinski definition) is 3. The molecule has 3 nitrogen and oxygen atoms in total. The normalized spacial score (nSPS) is 11.9. The predicted molar refractivity (Wildman–Crippen MR) is 62.7 cm³/mol. The standard InChI is InChI=1S/C12H15N3/c1-12(2,3)11-9-4-5-14-7-8(9)6-10(13)15-11/h4-7H,1-3H3,(H2,13,15). The molecule has 0 unspecified atom stereocenters. The fraction of sp³-hybridized carbons (Fsp3) is 0.333. The minimum atomic E-state index is -0.00498. The van der Waals surface area contributed by atoms with Crippen LogP contribution in [-0.2, 0) is 5.41 Å². The Morgan fingerprint density at radius 3 is 2.67 bits per heavy atom. The lowest BCUT2D eigenvalue weighted by molar-refractivity contribution is 0.576. The Morgan fingerprint density at radius 1 is 1.27 bits per heavy atom. The first-order valence-corrected chi connectivity index (χ1v) is 4.99. The minimum Gasteiger partial charge on any atom is -0.384 e. The number of pyridine rings is 2. The van der Waals surface area contributed by atoms with Gasteiger partial charge in [0.1, 0.15) is 5.82 Å². The predicted octanol–water partition coefficient (Wildman–Crippen LogP) is 2.51. The van der Waals surface area contributed by atoms with Gasteiger partial charge in [-0.25, -0.2) is 4.98 Å². The third-order valence-electron chi connectivity index (χ3n) is 2.36. The molecular formula is C12H15N3. The molecule has 78 valence electrons. The topological polar surface area (TPSA) is 51.8 Å². The fourth-order valence-corrected chi connectivity index (χ4v) is 1.69. The second kappa shape index (κ2) is 3.19. The Bertz CT molecular complexity index is 498. The lowest BCUT2D eigenvalue weighted by atomic mass is 9.88. The van der Waals surface area contributed by atoms with E-state index in [1.54, 1.807) is 6.20 Å². The van der Waals surface area contributed by atoms with Gasteiger partial charge in [-0.2, -0.15) is 0 Å². The maximum Gasteiger partial charge on any atom is 0.124 e. The van der Waals surface area contributed by atoms with Crippen molar-refractivity contribution in [3.8, 4) is 0 Å². The summed E-state index contributed by atoms with van der Waals surface area (Å²) in [6.07, 6.45) is 3.61. The molecule has 0 radical (unpaired) electrons. The van der Waals surface area contributed by atoms with Crippen LogP contribution in [0.4, 0.5) is 5.82 Å². The van der Waals surface area contributed by atoms with Crippen LogP contribution < -0.4 is 5.73 Å². The summed E-state index contributed by atoms with van der Waals surface area (Å²) in [5.74, 6) is 0.556. The summed E-state index contributed by atoms with van der Waals surface area (Å²) < 4.78 is 0. The first-order chi connectivity index (χ1) is 6.98. The number of fused-ring (bicyclic) bond motifs is 1. The van der Waals surface area contributed by atoms with E-state index < -0.39 is 0 Å². The van der Waals surface area contributed by atoms with Crippen LogP contribution in [0.25, 0.3) is 10.8 Å². The van der Waals surface area contributed by atoms with Crippen LogP contribution in [0.1, 0.15) is 26.5 Å². The van der Waals surface area contributed by atoms with Crippen molar-refractivity contribution in [2.45, 2.75) is 26.2 Å². The van der Waals surface area contributed by atoms with Gasteiger partial charge in [-0.15, -0.1) is 0 Å². The lowest BCUT2D eigenvalue weighted by Crippen LogP contribution is -2.15. The highest BCUT2D eigenvalue weighted by Crippen LogP contribution is 2.28. The van der Waals surface area contributed by atoms with Gasteiger partial charge < -0.3 is 5.73 Å². The van der Waals surface area contributed by atoms with Gasteiger partial charge in [-0.05, 0) is 12.1 Å². The highest BCUT2D eigenvalue weighted by molar-refractivity contribution is 5.86. The minimum absolute atomic E-state index is 0.00498. The molecule has 0 fully saturated rings. The molecule has 2 rings (SSSR count). The summed E-state index contributed by atoms with van der Waals surface area (Å²) >= 11 is 0.